The van der Waals surface area contributed by atoms with E-state index < -0.39 is 0 Å². The van der Waals surface area contributed by atoms with Gasteiger partial charge in [-0.15, -0.1) is 0 Å². The summed E-state index contributed by atoms with van der Waals surface area (Å²) < 4.78 is 0. The zero-order valence-electron chi connectivity index (χ0n) is 9.40. The number of hydrogen-bond acceptors (Lipinski definition) is 4. The molecular formula is C11H19N3O. The Morgan fingerprint density at radius 2 is 2.27 bits per heavy atom. The fourth-order valence-electron chi connectivity index (χ4n) is 1.47. The van der Waals surface area contributed by atoms with Crippen LogP contribution in [0.15, 0.2) is 18.5 Å². The van der Waals surface area contributed by atoms with Crippen molar-refractivity contribution in [2.45, 2.75) is 13.3 Å². The highest BCUT2D eigenvalue weighted by molar-refractivity contribution is 5.55. The molecule has 0 aromatic carbocycles. The lowest BCUT2D eigenvalue weighted by atomic mass is 10.3. The predicted octanol–water partition coefficient (Wildman–Crippen LogP) is 1.33. The van der Waals surface area contributed by atoms with Crippen molar-refractivity contribution >= 4 is 11.4 Å². The summed E-state index contributed by atoms with van der Waals surface area (Å²) in [7, 11) is 1.88. The first-order valence-electron chi connectivity index (χ1n) is 5.30. The topological polar surface area (TPSA) is 48.4 Å². The second-order valence-corrected chi connectivity index (χ2v) is 3.34. The third kappa shape index (κ3) is 3.40. The number of nitrogens with one attached hydrogen (secondary N) is 1. The van der Waals surface area contributed by atoms with Crippen LogP contribution in [0.25, 0.3) is 0 Å². The molecule has 0 aliphatic rings. The minimum Gasteiger partial charge on any atom is -0.396 e. The standard InChI is InChI=1S/C11H19N3O/c1-3-14(5-4-6-15)11-7-10(12-2)8-13-9-11/h7-9,12,15H,3-6H2,1-2H3. The number of aliphatic hydroxyl groups excluding tert-OH is 1. The molecule has 4 heteroatoms. The Kier molecular flexibility index (Phi) is 4.90. The molecule has 2 N–H and O–H groups in total. The molecule has 0 unspecified atom stereocenters. The van der Waals surface area contributed by atoms with E-state index >= 15 is 0 Å². The highest BCUT2D eigenvalue weighted by atomic mass is 16.3. The van der Waals surface area contributed by atoms with Crippen LogP contribution >= 0.6 is 0 Å². The molecule has 84 valence electrons. The number of aliphatic hydroxyl groups is 1. The van der Waals surface area contributed by atoms with E-state index in [-0.39, 0.29) is 6.61 Å². The molecule has 4 nitrogen and oxygen atoms in total. The Labute approximate surface area is 90.9 Å². The van der Waals surface area contributed by atoms with E-state index in [1.54, 1.807) is 6.20 Å². The second kappa shape index (κ2) is 6.24. The van der Waals surface area contributed by atoms with Gasteiger partial charge >= 0.3 is 0 Å². The van der Waals surface area contributed by atoms with E-state index in [1.165, 1.54) is 0 Å². The van der Waals surface area contributed by atoms with Crippen molar-refractivity contribution in [2.75, 3.05) is 37.0 Å². The summed E-state index contributed by atoms with van der Waals surface area (Å²) >= 11 is 0. The minimum atomic E-state index is 0.232. The Balaban J connectivity index is 2.72. The van der Waals surface area contributed by atoms with Crippen molar-refractivity contribution in [3.05, 3.63) is 18.5 Å². The maximum Gasteiger partial charge on any atom is 0.0573 e. The van der Waals surface area contributed by atoms with Crippen LogP contribution in [0, 0.1) is 0 Å². The van der Waals surface area contributed by atoms with Gasteiger partial charge in [-0.25, -0.2) is 0 Å². The quantitative estimate of drug-likeness (QED) is 0.742. The van der Waals surface area contributed by atoms with E-state index in [4.69, 9.17) is 5.11 Å². The fourth-order valence-corrected chi connectivity index (χ4v) is 1.47. The fraction of sp³-hybridized carbons (Fsp3) is 0.545. The molecule has 0 aliphatic carbocycles. The largest absolute Gasteiger partial charge is 0.396 e. The summed E-state index contributed by atoms with van der Waals surface area (Å²) in [5.41, 5.74) is 2.10. The molecule has 1 aromatic heterocycles. The molecule has 0 amide bonds. The van der Waals surface area contributed by atoms with E-state index in [1.807, 2.05) is 13.2 Å². The van der Waals surface area contributed by atoms with Crippen LogP contribution in [0.1, 0.15) is 13.3 Å². The van der Waals surface area contributed by atoms with Crippen molar-refractivity contribution in [1.82, 2.24) is 4.98 Å². The Morgan fingerprint density at radius 3 is 2.87 bits per heavy atom. The third-order valence-corrected chi connectivity index (χ3v) is 2.35. The van der Waals surface area contributed by atoms with Crippen molar-refractivity contribution in [1.29, 1.82) is 0 Å². The number of rotatable bonds is 6. The summed E-state index contributed by atoms with van der Waals surface area (Å²) in [5.74, 6) is 0. The summed E-state index contributed by atoms with van der Waals surface area (Å²) in [5, 5.41) is 11.9. The normalized spacial score (nSPS) is 10.1. The van der Waals surface area contributed by atoms with Gasteiger partial charge in [0.25, 0.3) is 0 Å². The summed E-state index contributed by atoms with van der Waals surface area (Å²) in [6.45, 7) is 4.12. The van der Waals surface area contributed by atoms with Crippen LogP contribution in [0.3, 0.4) is 0 Å². The van der Waals surface area contributed by atoms with E-state index in [0.717, 1.165) is 30.9 Å². The first kappa shape index (κ1) is 11.8. The van der Waals surface area contributed by atoms with Crippen LogP contribution < -0.4 is 10.2 Å². The molecule has 0 saturated carbocycles. The number of aromatic nitrogens is 1. The average Bonchev–Trinajstić information content (AvgIpc) is 2.30. The molecule has 0 saturated heterocycles. The van der Waals surface area contributed by atoms with Crippen molar-refractivity contribution in [2.24, 2.45) is 0 Å². The molecule has 0 radical (unpaired) electrons. The molecule has 0 spiro atoms. The van der Waals surface area contributed by atoms with Gasteiger partial charge in [-0.3, -0.25) is 4.98 Å². The lowest BCUT2D eigenvalue weighted by Gasteiger charge is -2.22. The SMILES string of the molecule is CCN(CCCO)c1cncc(NC)c1. The molecule has 1 aromatic rings. The monoisotopic (exact) mass is 209 g/mol. The maximum atomic E-state index is 8.80. The lowest BCUT2D eigenvalue weighted by Crippen LogP contribution is -2.24. The Bertz CT molecular complexity index is 291. The van der Waals surface area contributed by atoms with Gasteiger partial charge in [0, 0.05) is 26.7 Å². The van der Waals surface area contributed by atoms with E-state index in [9.17, 15) is 0 Å². The zero-order valence-corrected chi connectivity index (χ0v) is 9.40. The van der Waals surface area contributed by atoms with Crippen LogP contribution in [-0.2, 0) is 0 Å². The number of pyridine rings is 1. The van der Waals surface area contributed by atoms with Gasteiger partial charge in [0.05, 0.1) is 23.8 Å². The first-order valence-corrected chi connectivity index (χ1v) is 5.30. The van der Waals surface area contributed by atoms with E-state index in [0.29, 0.717) is 0 Å². The van der Waals surface area contributed by atoms with Gasteiger partial charge in [0.15, 0.2) is 0 Å². The van der Waals surface area contributed by atoms with Gasteiger partial charge in [-0.2, -0.15) is 0 Å². The van der Waals surface area contributed by atoms with Gasteiger partial charge in [-0.05, 0) is 19.4 Å². The smallest absolute Gasteiger partial charge is 0.0573 e. The van der Waals surface area contributed by atoms with Crippen molar-refractivity contribution < 1.29 is 5.11 Å². The molecule has 1 rings (SSSR count). The van der Waals surface area contributed by atoms with Crippen molar-refractivity contribution in [3.8, 4) is 0 Å². The van der Waals surface area contributed by atoms with Crippen LogP contribution in [0.4, 0.5) is 11.4 Å². The van der Waals surface area contributed by atoms with Gasteiger partial charge in [0.2, 0.25) is 0 Å². The molecular weight excluding hydrogens is 190 g/mol. The van der Waals surface area contributed by atoms with Crippen molar-refractivity contribution in [3.63, 3.8) is 0 Å². The van der Waals surface area contributed by atoms with Gasteiger partial charge in [0.1, 0.15) is 0 Å². The summed E-state index contributed by atoms with van der Waals surface area (Å²) in [6, 6.07) is 2.06. The first-order chi connectivity index (χ1) is 7.31. The van der Waals surface area contributed by atoms with Gasteiger partial charge < -0.3 is 15.3 Å². The highest BCUT2D eigenvalue weighted by Crippen LogP contribution is 2.17. The van der Waals surface area contributed by atoms with E-state index in [2.05, 4.69) is 28.2 Å². The molecule has 0 bridgehead atoms. The molecule has 0 aliphatic heterocycles. The second-order valence-electron chi connectivity index (χ2n) is 3.34. The summed E-state index contributed by atoms with van der Waals surface area (Å²) in [6.07, 6.45) is 4.43. The Hall–Kier alpha value is -1.29. The summed E-state index contributed by atoms with van der Waals surface area (Å²) in [4.78, 5) is 6.36. The van der Waals surface area contributed by atoms with Crippen LogP contribution in [0.2, 0.25) is 0 Å². The number of nitrogens with zero attached hydrogens (tertiary/aromatic N) is 2. The molecule has 1 heterocycles. The highest BCUT2D eigenvalue weighted by Gasteiger charge is 2.04. The zero-order chi connectivity index (χ0) is 11.1. The molecule has 0 atom stereocenters. The van der Waals surface area contributed by atoms with Gasteiger partial charge in [-0.1, -0.05) is 0 Å². The van der Waals surface area contributed by atoms with Crippen LogP contribution in [-0.4, -0.2) is 36.8 Å². The molecule has 15 heavy (non-hydrogen) atoms. The average molecular weight is 209 g/mol. The third-order valence-electron chi connectivity index (χ3n) is 2.35. The predicted molar refractivity (Wildman–Crippen MR) is 63.4 cm³/mol. The lowest BCUT2D eigenvalue weighted by molar-refractivity contribution is 0.289. The maximum absolute atomic E-state index is 8.80. The Morgan fingerprint density at radius 1 is 1.47 bits per heavy atom. The van der Waals surface area contributed by atoms with Crippen LogP contribution in [0.5, 0.6) is 0 Å². The number of anilines is 2. The minimum absolute atomic E-state index is 0.232. The molecule has 0 fully saturated rings. The number of hydrogen-bond donors (Lipinski definition) is 2.